The minimum atomic E-state index is 0.614. The predicted molar refractivity (Wildman–Crippen MR) is 253 cm³/mol. The Hall–Kier alpha value is -8.21. The number of hydrogen-bond acceptors (Lipinski definition) is 4. The van der Waals surface area contributed by atoms with Gasteiger partial charge in [-0.05, 0) is 99.1 Å². The van der Waals surface area contributed by atoms with E-state index in [1.54, 1.807) is 0 Å². The van der Waals surface area contributed by atoms with Gasteiger partial charge in [-0.1, -0.05) is 158 Å². The summed E-state index contributed by atoms with van der Waals surface area (Å²) < 4.78 is 13.1. The normalized spacial score (nSPS) is 11.6. The molecule has 4 heteroatoms. The Balaban J connectivity index is 1.06. The number of nitrogens with zero attached hydrogens (tertiary/aromatic N) is 2. The fraction of sp³-hybridized carbons (Fsp3) is 0. The molecule has 10 aromatic carbocycles. The van der Waals surface area contributed by atoms with E-state index < -0.39 is 0 Å². The molecule has 0 aliphatic carbocycles. The molecule has 0 saturated carbocycles. The van der Waals surface area contributed by atoms with Crippen molar-refractivity contribution in [2.45, 2.75) is 0 Å². The van der Waals surface area contributed by atoms with Crippen LogP contribution in [-0.4, -0.2) is 4.98 Å². The lowest BCUT2D eigenvalue weighted by atomic mass is 9.96. The van der Waals surface area contributed by atoms with Gasteiger partial charge in [0.15, 0.2) is 5.58 Å². The molecule has 2 heterocycles. The van der Waals surface area contributed by atoms with Crippen LogP contribution < -0.4 is 4.90 Å². The van der Waals surface area contributed by atoms with Crippen molar-refractivity contribution in [3.63, 3.8) is 0 Å². The second-order valence-electron chi connectivity index (χ2n) is 15.5. The maximum atomic E-state index is 6.64. The van der Waals surface area contributed by atoms with Crippen LogP contribution in [0.25, 0.3) is 99.4 Å². The van der Waals surface area contributed by atoms with E-state index >= 15 is 0 Å². The Morgan fingerprint density at radius 3 is 1.87 bits per heavy atom. The largest absolute Gasteiger partial charge is 0.455 e. The van der Waals surface area contributed by atoms with E-state index in [0.717, 1.165) is 99.5 Å². The number of anilines is 3. The zero-order valence-electron chi connectivity index (χ0n) is 33.0. The molecule has 0 radical (unpaired) electrons. The van der Waals surface area contributed by atoms with Crippen molar-refractivity contribution < 1.29 is 8.83 Å². The Bertz CT molecular complexity index is 3590. The van der Waals surface area contributed by atoms with Crippen LogP contribution in [0.1, 0.15) is 0 Å². The molecule has 0 bridgehead atoms. The van der Waals surface area contributed by atoms with Crippen LogP contribution >= 0.6 is 0 Å². The number of hydrogen-bond donors (Lipinski definition) is 0. The summed E-state index contributed by atoms with van der Waals surface area (Å²) in [4.78, 5) is 7.33. The third-order valence-electron chi connectivity index (χ3n) is 11.9. The number of furan rings is 1. The minimum absolute atomic E-state index is 0.614. The van der Waals surface area contributed by atoms with Crippen molar-refractivity contribution in [1.82, 2.24) is 4.98 Å². The van der Waals surface area contributed by atoms with Crippen molar-refractivity contribution in [2.75, 3.05) is 4.90 Å². The zero-order valence-corrected chi connectivity index (χ0v) is 33.0. The van der Waals surface area contributed by atoms with Crippen LogP contribution in [0.5, 0.6) is 0 Å². The first-order chi connectivity index (χ1) is 30.2. The molecule has 0 unspecified atom stereocenters. The summed E-state index contributed by atoms with van der Waals surface area (Å²) >= 11 is 0. The Labute approximate surface area is 352 Å². The molecule has 61 heavy (non-hydrogen) atoms. The molecule has 0 N–H and O–H groups in total. The van der Waals surface area contributed by atoms with E-state index in [2.05, 4.69) is 181 Å². The number of para-hydroxylation sites is 3. The smallest absolute Gasteiger partial charge is 0.227 e. The van der Waals surface area contributed by atoms with Crippen LogP contribution in [0.3, 0.4) is 0 Å². The van der Waals surface area contributed by atoms with Gasteiger partial charge in [0.05, 0.1) is 5.69 Å². The van der Waals surface area contributed by atoms with Crippen LogP contribution in [0.15, 0.2) is 227 Å². The fourth-order valence-electron chi connectivity index (χ4n) is 8.95. The van der Waals surface area contributed by atoms with E-state index in [9.17, 15) is 0 Å². The van der Waals surface area contributed by atoms with Crippen molar-refractivity contribution in [3.05, 3.63) is 218 Å². The average molecular weight is 781 g/mol. The van der Waals surface area contributed by atoms with Gasteiger partial charge in [0.1, 0.15) is 16.7 Å². The number of rotatable bonds is 7. The second kappa shape index (κ2) is 14.3. The molecular formula is C57H36N2O2. The highest BCUT2D eigenvalue weighted by Gasteiger charge is 2.21. The number of aromatic nitrogens is 1. The van der Waals surface area contributed by atoms with Crippen molar-refractivity contribution in [3.8, 4) is 44.8 Å². The summed E-state index contributed by atoms with van der Waals surface area (Å²) in [6, 6.07) is 77.1. The quantitative estimate of drug-likeness (QED) is 0.151. The van der Waals surface area contributed by atoms with Crippen LogP contribution in [0.4, 0.5) is 17.1 Å². The molecular weight excluding hydrogens is 745 g/mol. The van der Waals surface area contributed by atoms with Gasteiger partial charge in [-0.3, -0.25) is 0 Å². The third-order valence-corrected chi connectivity index (χ3v) is 11.9. The summed E-state index contributed by atoms with van der Waals surface area (Å²) in [7, 11) is 0. The van der Waals surface area contributed by atoms with Gasteiger partial charge in [-0.15, -0.1) is 0 Å². The maximum absolute atomic E-state index is 6.64. The van der Waals surface area contributed by atoms with Gasteiger partial charge >= 0.3 is 0 Å². The number of oxazole rings is 1. The average Bonchev–Trinajstić information content (AvgIpc) is 3.95. The van der Waals surface area contributed by atoms with E-state index in [1.165, 1.54) is 11.1 Å². The first-order valence-corrected chi connectivity index (χ1v) is 20.6. The standard InChI is InChI=1S/C57H36N2O2/c1-3-13-37(14-4-1)42-17-11-18-43(35-42)46-19-7-9-23-52(46)59(44-31-27-38(28-32-44)47-21-12-22-49-48-20-8-10-24-53(48)60-55(47)49)45-33-29-39-25-26-40-30-34-51-56(54(40)50(39)36-45)61-57(58-51)41-15-5-2-6-16-41/h1-36H. The van der Waals surface area contributed by atoms with Crippen LogP contribution in [-0.2, 0) is 0 Å². The fourth-order valence-corrected chi connectivity index (χ4v) is 8.95. The van der Waals surface area contributed by atoms with Gasteiger partial charge in [0, 0.05) is 44.2 Å². The van der Waals surface area contributed by atoms with Crippen molar-refractivity contribution >= 4 is 71.6 Å². The second-order valence-corrected chi connectivity index (χ2v) is 15.5. The highest BCUT2D eigenvalue weighted by atomic mass is 16.3. The Kier molecular flexibility index (Phi) is 8.13. The lowest BCUT2D eigenvalue weighted by Gasteiger charge is -2.28. The van der Waals surface area contributed by atoms with E-state index in [0.29, 0.717) is 5.89 Å². The molecule has 12 aromatic rings. The minimum Gasteiger partial charge on any atom is -0.455 e. The van der Waals surface area contributed by atoms with Gasteiger partial charge in [-0.25, -0.2) is 4.98 Å². The molecule has 0 fully saturated rings. The molecule has 0 atom stereocenters. The van der Waals surface area contributed by atoms with Crippen LogP contribution in [0.2, 0.25) is 0 Å². The SMILES string of the molecule is c1ccc(-c2cccc(-c3ccccc3N(c3ccc(-c4cccc5c4oc4ccccc45)cc3)c3ccc4ccc5ccc6nc(-c7ccccc7)oc6c5c4c3)c2)cc1. The van der Waals surface area contributed by atoms with E-state index in [-0.39, 0.29) is 0 Å². The maximum Gasteiger partial charge on any atom is 0.227 e. The molecule has 4 nitrogen and oxygen atoms in total. The molecule has 0 aliphatic heterocycles. The summed E-state index contributed by atoms with van der Waals surface area (Å²) in [6.45, 7) is 0. The van der Waals surface area contributed by atoms with E-state index in [4.69, 9.17) is 13.8 Å². The van der Waals surface area contributed by atoms with Gasteiger partial charge in [-0.2, -0.15) is 0 Å². The molecule has 0 aliphatic rings. The lowest BCUT2D eigenvalue weighted by Crippen LogP contribution is -2.11. The van der Waals surface area contributed by atoms with E-state index in [1.807, 2.05) is 42.5 Å². The van der Waals surface area contributed by atoms with Crippen molar-refractivity contribution in [2.24, 2.45) is 0 Å². The molecule has 0 spiro atoms. The predicted octanol–water partition coefficient (Wildman–Crippen LogP) is 16.2. The summed E-state index contributed by atoms with van der Waals surface area (Å²) in [5, 5.41) is 6.60. The summed E-state index contributed by atoms with van der Waals surface area (Å²) in [5.41, 5.74) is 14.2. The van der Waals surface area contributed by atoms with Gasteiger partial charge in [0.25, 0.3) is 0 Å². The van der Waals surface area contributed by atoms with Gasteiger partial charge in [0.2, 0.25) is 5.89 Å². The Morgan fingerprint density at radius 1 is 0.361 bits per heavy atom. The van der Waals surface area contributed by atoms with Crippen LogP contribution in [0, 0.1) is 0 Å². The third kappa shape index (κ3) is 5.96. The highest BCUT2D eigenvalue weighted by molar-refractivity contribution is 6.19. The summed E-state index contributed by atoms with van der Waals surface area (Å²) in [6.07, 6.45) is 0. The first-order valence-electron chi connectivity index (χ1n) is 20.6. The first kappa shape index (κ1) is 34.8. The van der Waals surface area contributed by atoms with Gasteiger partial charge < -0.3 is 13.7 Å². The number of fused-ring (bicyclic) bond motifs is 8. The molecule has 12 rings (SSSR count). The molecule has 286 valence electrons. The van der Waals surface area contributed by atoms with Crippen molar-refractivity contribution in [1.29, 1.82) is 0 Å². The lowest BCUT2D eigenvalue weighted by molar-refractivity contribution is 0.623. The monoisotopic (exact) mass is 780 g/mol. The summed E-state index contributed by atoms with van der Waals surface area (Å²) in [5.74, 6) is 0.614. The topological polar surface area (TPSA) is 42.4 Å². The zero-order chi connectivity index (χ0) is 40.3. The highest BCUT2D eigenvalue weighted by Crippen LogP contribution is 2.45. The molecule has 0 amide bonds. The number of benzene rings is 10. The molecule has 2 aromatic heterocycles. The Morgan fingerprint density at radius 2 is 1.00 bits per heavy atom. The molecule has 0 saturated heterocycles.